The van der Waals surface area contributed by atoms with Crippen molar-refractivity contribution in [3.05, 3.63) is 66.4 Å². The van der Waals surface area contributed by atoms with Crippen molar-refractivity contribution in [3.8, 4) is 0 Å². The number of nitrogens with zero attached hydrogens (tertiary/aromatic N) is 2. The first kappa shape index (κ1) is 20.8. The molecule has 0 spiro atoms. The number of rotatable bonds is 10. The second kappa shape index (κ2) is 10.6. The molecule has 4 heteroatoms. The maximum atomic E-state index is 12.3. The summed E-state index contributed by atoms with van der Waals surface area (Å²) in [6, 6.07) is 18.4. The van der Waals surface area contributed by atoms with E-state index in [0.29, 0.717) is 6.42 Å². The van der Waals surface area contributed by atoms with Crippen LogP contribution in [-0.4, -0.2) is 24.5 Å². The number of anilines is 2. The third-order valence-electron chi connectivity index (χ3n) is 5.24. The summed E-state index contributed by atoms with van der Waals surface area (Å²) in [4.78, 5) is 19.0. The van der Waals surface area contributed by atoms with Crippen LogP contribution in [0.3, 0.4) is 0 Å². The number of pyridine rings is 1. The van der Waals surface area contributed by atoms with E-state index < -0.39 is 0 Å². The van der Waals surface area contributed by atoms with Crippen molar-refractivity contribution < 1.29 is 4.79 Å². The van der Waals surface area contributed by atoms with E-state index in [-0.39, 0.29) is 5.91 Å². The minimum Gasteiger partial charge on any atom is -0.375 e. The van der Waals surface area contributed by atoms with E-state index in [9.17, 15) is 4.79 Å². The molecule has 3 rings (SSSR count). The first-order chi connectivity index (χ1) is 14.2. The Morgan fingerprint density at radius 3 is 2.62 bits per heavy atom. The first-order valence-corrected chi connectivity index (χ1v) is 10.6. The molecule has 1 heterocycles. The van der Waals surface area contributed by atoms with Crippen LogP contribution in [0.4, 0.5) is 11.4 Å². The Kier molecular flexibility index (Phi) is 7.62. The summed E-state index contributed by atoms with van der Waals surface area (Å²) in [5.41, 5.74) is 4.09. The molecule has 2 aromatic carbocycles. The molecule has 29 heavy (non-hydrogen) atoms. The van der Waals surface area contributed by atoms with Gasteiger partial charge in [0.2, 0.25) is 5.91 Å². The fourth-order valence-corrected chi connectivity index (χ4v) is 3.44. The zero-order chi connectivity index (χ0) is 20.5. The highest BCUT2D eigenvalue weighted by Crippen LogP contribution is 2.18. The van der Waals surface area contributed by atoms with Crippen LogP contribution in [0.2, 0.25) is 0 Å². The lowest BCUT2D eigenvalue weighted by molar-refractivity contribution is -0.116. The fourth-order valence-electron chi connectivity index (χ4n) is 3.44. The number of fused-ring (bicyclic) bond motifs is 1. The molecule has 0 aliphatic carbocycles. The third kappa shape index (κ3) is 6.31. The van der Waals surface area contributed by atoms with Gasteiger partial charge < -0.3 is 10.2 Å². The van der Waals surface area contributed by atoms with Gasteiger partial charge in [-0.05, 0) is 42.7 Å². The largest absolute Gasteiger partial charge is 0.375 e. The fraction of sp³-hybridized carbons (Fsp3) is 0.360. The van der Waals surface area contributed by atoms with Crippen molar-refractivity contribution in [1.29, 1.82) is 0 Å². The molecule has 3 aromatic rings. The average Bonchev–Trinajstić information content (AvgIpc) is 2.75. The van der Waals surface area contributed by atoms with Gasteiger partial charge in [-0.3, -0.25) is 9.78 Å². The van der Waals surface area contributed by atoms with Crippen LogP contribution in [0, 0.1) is 0 Å². The molecule has 1 N–H and O–H groups in total. The summed E-state index contributed by atoms with van der Waals surface area (Å²) >= 11 is 0. The lowest BCUT2D eigenvalue weighted by atomic mass is 10.1. The van der Waals surface area contributed by atoms with Crippen LogP contribution in [-0.2, 0) is 11.2 Å². The van der Waals surface area contributed by atoms with Crippen LogP contribution in [0.15, 0.2) is 60.8 Å². The Balaban J connectivity index is 1.47. The van der Waals surface area contributed by atoms with E-state index in [1.807, 2.05) is 30.3 Å². The Hall–Kier alpha value is -2.88. The number of hydrogen-bond acceptors (Lipinski definition) is 3. The highest BCUT2D eigenvalue weighted by atomic mass is 16.1. The van der Waals surface area contributed by atoms with Crippen LogP contribution in [0.1, 0.15) is 44.6 Å². The molecular weight excluding hydrogens is 358 g/mol. The molecule has 0 fully saturated rings. The maximum Gasteiger partial charge on any atom is 0.224 e. The Labute approximate surface area is 174 Å². The second-order valence-corrected chi connectivity index (χ2v) is 7.61. The molecule has 1 amide bonds. The molecule has 0 saturated carbocycles. The van der Waals surface area contributed by atoms with E-state index in [0.717, 1.165) is 29.6 Å². The Bertz CT molecular complexity index is 921. The van der Waals surface area contributed by atoms with Gasteiger partial charge in [-0.2, -0.15) is 0 Å². The molecule has 152 valence electrons. The van der Waals surface area contributed by atoms with Gasteiger partial charge in [-0.25, -0.2) is 0 Å². The lowest BCUT2D eigenvalue weighted by Gasteiger charge is -2.19. The van der Waals surface area contributed by atoms with Gasteiger partial charge in [0.15, 0.2) is 0 Å². The normalized spacial score (nSPS) is 10.8. The monoisotopic (exact) mass is 389 g/mol. The number of amides is 1. The van der Waals surface area contributed by atoms with E-state index in [1.54, 1.807) is 6.20 Å². The van der Waals surface area contributed by atoms with E-state index in [1.165, 1.54) is 36.9 Å². The van der Waals surface area contributed by atoms with Gasteiger partial charge in [-0.1, -0.05) is 56.5 Å². The van der Waals surface area contributed by atoms with Crippen molar-refractivity contribution in [2.75, 3.05) is 23.8 Å². The maximum absolute atomic E-state index is 12.3. The van der Waals surface area contributed by atoms with Crippen molar-refractivity contribution in [2.24, 2.45) is 0 Å². The molecule has 0 bridgehead atoms. The molecular formula is C25H31N3O. The minimum atomic E-state index is 0.0131. The predicted molar refractivity (Wildman–Crippen MR) is 123 cm³/mol. The van der Waals surface area contributed by atoms with E-state index in [2.05, 4.69) is 53.4 Å². The highest BCUT2D eigenvalue weighted by Gasteiger charge is 2.06. The van der Waals surface area contributed by atoms with E-state index >= 15 is 0 Å². The number of para-hydroxylation sites is 1. The lowest BCUT2D eigenvalue weighted by Crippen LogP contribution is -2.18. The number of carbonyl (C=O) groups excluding carboxylic acids is 1. The van der Waals surface area contributed by atoms with Gasteiger partial charge >= 0.3 is 0 Å². The Morgan fingerprint density at radius 1 is 1.03 bits per heavy atom. The van der Waals surface area contributed by atoms with Crippen molar-refractivity contribution in [2.45, 2.75) is 45.4 Å². The molecule has 0 unspecified atom stereocenters. The Morgan fingerprint density at radius 2 is 1.83 bits per heavy atom. The van der Waals surface area contributed by atoms with Crippen molar-refractivity contribution in [1.82, 2.24) is 4.98 Å². The summed E-state index contributed by atoms with van der Waals surface area (Å²) in [5.74, 6) is 0.0131. The molecule has 0 aliphatic rings. The van der Waals surface area contributed by atoms with Crippen molar-refractivity contribution in [3.63, 3.8) is 0 Å². The topological polar surface area (TPSA) is 45.2 Å². The van der Waals surface area contributed by atoms with Crippen LogP contribution in [0.5, 0.6) is 0 Å². The average molecular weight is 390 g/mol. The molecule has 0 radical (unpaired) electrons. The van der Waals surface area contributed by atoms with E-state index in [4.69, 9.17) is 0 Å². The number of unbranched alkanes of at least 4 members (excludes halogenated alkanes) is 3. The second-order valence-electron chi connectivity index (χ2n) is 7.61. The number of benzene rings is 2. The van der Waals surface area contributed by atoms with Gasteiger partial charge in [-0.15, -0.1) is 0 Å². The quantitative estimate of drug-likeness (QED) is 0.444. The molecule has 4 nitrogen and oxygen atoms in total. The standard InChI is InChI=1S/C25H31N3O/c1-3-4-5-8-17-28(2)23-14-11-20(12-15-23)13-16-25(29)27-22-18-21-9-6-7-10-24(21)26-19-22/h6-7,9-12,14-15,18-19H,3-5,8,13,16-17H2,1-2H3,(H,27,29). The summed E-state index contributed by atoms with van der Waals surface area (Å²) in [6.45, 7) is 3.32. The van der Waals surface area contributed by atoms with Gasteiger partial charge in [0.25, 0.3) is 0 Å². The van der Waals surface area contributed by atoms with Crippen molar-refractivity contribution >= 4 is 28.2 Å². The SMILES string of the molecule is CCCCCCN(C)c1ccc(CCC(=O)Nc2cnc3ccccc3c2)cc1. The smallest absolute Gasteiger partial charge is 0.224 e. The molecule has 0 saturated heterocycles. The number of hydrogen-bond donors (Lipinski definition) is 1. The minimum absolute atomic E-state index is 0.0131. The molecule has 0 aliphatic heterocycles. The van der Waals surface area contributed by atoms with Crippen LogP contribution in [0.25, 0.3) is 10.9 Å². The zero-order valence-electron chi connectivity index (χ0n) is 17.5. The molecule has 0 atom stereocenters. The van der Waals surface area contributed by atoms with Gasteiger partial charge in [0.1, 0.15) is 0 Å². The summed E-state index contributed by atoms with van der Waals surface area (Å²) < 4.78 is 0. The predicted octanol–water partition coefficient (Wildman–Crippen LogP) is 5.82. The zero-order valence-corrected chi connectivity index (χ0v) is 17.5. The van der Waals surface area contributed by atoms with Crippen LogP contribution < -0.4 is 10.2 Å². The first-order valence-electron chi connectivity index (χ1n) is 10.6. The summed E-state index contributed by atoms with van der Waals surface area (Å²) in [7, 11) is 2.14. The highest BCUT2D eigenvalue weighted by molar-refractivity contribution is 5.93. The summed E-state index contributed by atoms with van der Waals surface area (Å²) in [6.07, 6.45) is 8.00. The van der Waals surface area contributed by atoms with Gasteiger partial charge in [0, 0.05) is 31.1 Å². The summed E-state index contributed by atoms with van der Waals surface area (Å²) in [5, 5.41) is 3.99. The number of carbonyl (C=O) groups is 1. The van der Waals surface area contributed by atoms with Gasteiger partial charge in [0.05, 0.1) is 17.4 Å². The van der Waals surface area contributed by atoms with Crippen LogP contribution >= 0.6 is 0 Å². The number of aromatic nitrogens is 1. The number of nitrogens with one attached hydrogen (secondary N) is 1. The third-order valence-corrected chi connectivity index (χ3v) is 5.24. The molecule has 1 aromatic heterocycles. The number of aryl methyl sites for hydroxylation is 1.